The third-order valence-electron chi connectivity index (χ3n) is 2.72. The molecule has 0 aromatic carbocycles. The largest absolute Gasteiger partial charge is 0.347 e. The monoisotopic (exact) mass is 305 g/mol. The van der Waals surface area contributed by atoms with E-state index in [1.807, 2.05) is 13.8 Å². The molecule has 0 aliphatic rings. The number of aryl methyl sites for hydroxylation is 1. The van der Waals surface area contributed by atoms with Crippen LogP contribution in [-0.4, -0.2) is 48.1 Å². The Morgan fingerprint density at radius 3 is 2.45 bits per heavy atom. The maximum Gasteiger partial charge on any atom is 0.204 e. The van der Waals surface area contributed by atoms with Crippen molar-refractivity contribution in [2.75, 3.05) is 24.7 Å². The maximum absolute atomic E-state index is 11.4. The number of hydrogen-bond donors (Lipinski definition) is 0. The first-order valence-electron chi connectivity index (χ1n) is 6.86. The van der Waals surface area contributed by atoms with Gasteiger partial charge < -0.3 is 9.47 Å². The fourth-order valence-electron chi connectivity index (χ4n) is 1.64. The van der Waals surface area contributed by atoms with E-state index in [2.05, 4.69) is 10.3 Å². The van der Waals surface area contributed by atoms with Crippen molar-refractivity contribution in [1.29, 1.82) is 0 Å². The first kappa shape index (κ1) is 17.1. The summed E-state index contributed by atoms with van der Waals surface area (Å²) in [6.45, 7) is 6.96. The molecule has 0 bridgehead atoms. The van der Waals surface area contributed by atoms with Crippen molar-refractivity contribution in [3.05, 3.63) is 11.9 Å². The van der Waals surface area contributed by atoms with E-state index >= 15 is 0 Å². The van der Waals surface area contributed by atoms with Gasteiger partial charge in [0.1, 0.15) is 15.5 Å². The van der Waals surface area contributed by atoms with E-state index in [9.17, 15) is 8.42 Å². The lowest BCUT2D eigenvalue weighted by Crippen LogP contribution is -2.11. The Labute approximate surface area is 120 Å². The summed E-state index contributed by atoms with van der Waals surface area (Å²) in [7, 11) is -2.93. The smallest absolute Gasteiger partial charge is 0.204 e. The molecule has 20 heavy (non-hydrogen) atoms. The summed E-state index contributed by atoms with van der Waals surface area (Å²) in [5, 5.41) is 7.96. The SMILES string of the molecule is CCOC(OCC)c1cn(CCCS(=O)(=O)CC)nn1. The Morgan fingerprint density at radius 1 is 1.25 bits per heavy atom. The Kier molecular flexibility index (Phi) is 7.11. The number of aromatic nitrogens is 3. The van der Waals surface area contributed by atoms with E-state index in [-0.39, 0.29) is 11.5 Å². The molecule has 0 radical (unpaired) electrons. The van der Waals surface area contributed by atoms with Crippen LogP contribution in [0.4, 0.5) is 0 Å². The van der Waals surface area contributed by atoms with Crippen LogP contribution in [-0.2, 0) is 25.9 Å². The molecular formula is C12H23N3O4S. The molecule has 8 heteroatoms. The minimum absolute atomic E-state index is 0.166. The number of nitrogens with zero attached hydrogens (tertiary/aromatic N) is 3. The van der Waals surface area contributed by atoms with Gasteiger partial charge in [0, 0.05) is 25.5 Å². The van der Waals surface area contributed by atoms with Crippen molar-refractivity contribution in [3.8, 4) is 0 Å². The highest BCUT2D eigenvalue weighted by molar-refractivity contribution is 7.91. The Morgan fingerprint density at radius 2 is 1.90 bits per heavy atom. The minimum Gasteiger partial charge on any atom is -0.347 e. The number of ether oxygens (including phenoxy) is 2. The molecule has 1 aromatic rings. The summed E-state index contributed by atoms with van der Waals surface area (Å²) in [4.78, 5) is 0. The predicted molar refractivity (Wildman–Crippen MR) is 75.0 cm³/mol. The second-order valence-corrected chi connectivity index (χ2v) is 6.71. The second-order valence-electron chi connectivity index (χ2n) is 4.24. The summed E-state index contributed by atoms with van der Waals surface area (Å²) < 4.78 is 35.2. The van der Waals surface area contributed by atoms with Gasteiger partial charge in [-0.1, -0.05) is 12.1 Å². The zero-order valence-electron chi connectivity index (χ0n) is 12.3. The first-order chi connectivity index (χ1) is 9.52. The lowest BCUT2D eigenvalue weighted by Gasteiger charge is -2.13. The summed E-state index contributed by atoms with van der Waals surface area (Å²) in [5.74, 6) is 0.339. The van der Waals surface area contributed by atoms with Gasteiger partial charge in [-0.3, -0.25) is 4.68 Å². The van der Waals surface area contributed by atoms with Crippen molar-refractivity contribution in [2.45, 2.75) is 40.0 Å². The zero-order chi connectivity index (χ0) is 15.0. The third kappa shape index (κ3) is 5.56. The molecule has 0 spiro atoms. The van der Waals surface area contributed by atoms with E-state index < -0.39 is 16.1 Å². The molecule has 1 rings (SSSR count). The van der Waals surface area contributed by atoms with Crippen LogP contribution in [0.15, 0.2) is 6.20 Å². The number of sulfone groups is 1. The number of rotatable bonds is 10. The van der Waals surface area contributed by atoms with Crippen LogP contribution < -0.4 is 0 Å². The van der Waals surface area contributed by atoms with Gasteiger partial charge in [0.25, 0.3) is 0 Å². The van der Waals surface area contributed by atoms with Crippen molar-refractivity contribution >= 4 is 9.84 Å². The van der Waals surface area contributed by atoms with Gasteiger partial charge in [-0.2, -0.15) is 0 Å². The quantitative estimate of drug-likeness (QED) is 0.603. The Balaban J connectivity index is 2.53. The Hall–Kier alpha value is -0.990. The van der Waals surface area contributed by atoms with Crippen LogP contribution in [0, 0.1) is 0 Å². The standard InChI is InChI=1S/C12H23N3O4S/c1-4-18-12(19-5-2)11-10-15(14-13-11)8-7-9-20(16,17)6-3/h10,12H,4-9H2,1-3H3. The van der Waals surface area contributed by atoms with Gasteiger partial charge in [-0.15, -0.1) is 5.10 Å². The molecule has 0 aliphatic carbocycles. The molecule has 0 saturated heterocycles. The van der Waals surface area contributed by atoms with Crippen LogP contribution in [0.25, 0.3) is 0 Å². The summed E-state index contributed by atoms with van der Waals surface area (Å²) in [6, 6.07) is 0. The van der Waals surface area contributed by atoms with Crippen LogP contribution >= 0.6 is 0 Å². The average molecular weight is 305 g/mol. The molecular weight excluding hydrogens is 282 g/mol. The van der Waals surface area contributed by atoms with Crippen molar-refractivity contribution in [1.82, 2.24) is 15.0 Å². The van der Waals surface area contributed by atoms with Gasteiger partial charge in [0.2, 0.25) is 6.29 Å². The van der Waals surface area contributed by atoms with Gasteiger partial charge >= 0.3 is 0 Å². The molecule has 116 valence electrons. The zero-order valence-corrected chi connectivity index (χ0v) is 13.1. The summed E-state index contributed by atoms with van der Waals surface area (Å²) >= 11 is 0. The lowest BCUT2D eigenvalue weighted by atomic mass is 10.4. The molecule has 7 nitrogen and oxygen atoms in total. The van der Waals surface area contributed by atoms with Crippen LogP contribution in [0.1, 0.15) is 39.2 Å². The number of hydrogen-bond acceptors (Lipinski definition) is 6. The summed E-state index contributed by atoms with van der Waals surface area (Å²) in [6.07, 6.45) is 1.74. The summed E-state index contributed by atoms with van der Waals surface area (Å²) in [5.41, 5.74) is 0.604. The molecule has 0 aliphatic heterocycles. The molecule has 0 atom stereocenters. The average Bonchev–Trinajstić information content (AvgIpc) is 2.87. The normalized spacial score (nSPS) is 12.2. The lowest BCUT2D eigenvalue weighted by molar-refractivity contribution is -0.142. The van der Waals surface area contributed by atoms with Gasteiger partial charge in [0.05, 0.1) is 11.9 Å². The molecule has 0 unspecified atom stereocenters. The van der Waals surface area contributed by atoms with Crippen molar-refractivity contribution in [2.24, 2.45) is 0 Å². The second kappa shape index (κ2) is 8.33. The van der Waals surface area contributed by atoms with Gasteiger partial charge in [-0.25, -0.2) is 8.42 Å². The molecule has 0 N–H and O–H groups in total. The van der Waals surface area contributed by atoms with Crippen molar-refractivity contribution in [3.63, 3.8) is 0 Å². The molecule has 0 fully saturated rings. The van der Waals surface area contributed by atoms with Gasteiger partial charge in [0.15, 0.2) is 0 Å². The fourth-order valence-corrected chi connectivity index (χ4v) is 2.50. The molecule has 0 saturated carbocycles. The predicted octanol–water partition coefficient (Wildman–Crippen LogP) is 1.17. The third-order valence-corrected chi connectivity index (χ3v) is 4.51. The highest BCUT2D eigenvalue weighted by Crippen LogP contribution is 2.15. The molecule has 1 aromatic heterocycles. The highest BCUT2D eigenvalue weighted by Gasteiger charge is 2.15. The van der Waals surface area contributed by atoms with E-state index in [0.29, 0.717) is 31.9 Å². The van der Waals surface area contributed by atoms with E-state index in [1.165, 1.54) is 0 Å². The van der Waals surface area contributed by atoms with E-state index in [1.54, 1.807) is 17.8 Å². The minimum atomic E-state index is -2.93. The van der Waals surface area contributed by atoms with Crippen LogP contribution in [0.2, 0.25) is 0 Å². The van der Waals surface area contributed by atoms with E-state index in [4.69, 9.17) is 9.47 Å². The van der Waals surface area contributed by atoms with E-state index in [0.717, 1.165) is 0 Å². The van der Waals surface area contributed by atoms with Crippen molar-refractivity contribution < 1.29 is 17.9 Å². The van der Waals surface area contributed by atoms with Gasteiger partial charge in [-0.05, 0) is 20.3 Å². The van der Waals surface area contributed by atoms with Crippen LogP contribution in [0.5, 0.6) is 0 Å². The highest BCUT2D eigenvalue weighted by atomic mass is 32.2. The first-order valence-corrected chi connectivity index (χ1v) is 8.68. The maximum atomic E-state index is 11.4. The topological polar surface area (TPSA) is 83.3 Å². The molecule has 1 heterocycles. The van der Waals surface area contributed by atoms with Crippen LogP contribution in [0.3, 0.4) is 0 Å². The fraction of sp³-hybridized carbons (Fsp3) is 0.833. The molecule has 0 amide bonds. The Bertz CT molecular complexity index is 481.